The van der Waals surface area contributed by atoms with Gasteiger partial charge in [-0.2, -0.15) is 0 Å². The van der Waals surface area contributed by atoms with Gasteiger partial charge < -0.3 is 14.6 Å². The molecule has 1 N–H and O–H groups in total. The van der Waals surface area contributed by atoms with Crippen molar-refractivity contribution in [2.75, 3.05) is 5.32 Å². The third kappa shape index (κ3) is 5.06. The molecule has 0 bridgehead atoms. The highest BCUT2D eigenvalue weighted by atomic mass is 35.5. The molecule has 0 saturated carbocycles. The van der Waals surface area contributed by atoms with Gasteiger partial charge in [0.25, 0.3) is 0 Å². The van der Waals surface area contributed by atoms with E-state index in [1.807, 2.05) is 0 Å². The molecule has 1 amide bonds. The van der Waals surface area contributed by atoms with Crippen LogP contribution in [-0.4, -0.2) is 25.9 Å². The van der Waals surface area contributed by atoms with E-state index in [2.05, 4.69) is 15.5 Å². The number of carbonyl (C=O) groups is 1. The number of aromatic nitrogens is 3. The van der Waals surface area contributed by atoms with Gasteiger partial charge in [0, 0.05) is 12.1 Å². The first-order chi connectivity index (χ1) is 14.3. The molecule has 6 nitrogen and oxygen atoms in total. The fourth-order valence-electron chi connectivity index (χ4n) is 2.32. The molecular weight excluding hydrogens is 441 g/mol. The summed E-state index contributed by atoms with van der Waals surface area (Å²) in [6, 6.07) is 8.53. The first-order valence-electron chi connectivity index (χ1n) is 8.64. The predicted octanol–water partition coefficient (Wildman–Crippen LogP) is 4.58. The van der Waals surface area contributed by atoms with Crippen LogP contribution < -0.4 is 10.1 Å². The standard InChI is InChI=1S/C19H16ClF3N4O2S/c1-10(18(28)24-14-8-7-13(21)16(22)17(14)23)30-19-26-25-15(27(19)2)9-29-12-5-3-11(20)4-6-12/h3-8,10H,9H2,1-2H3,(H,24,28). The topological polar surface area (TPSA) is 69.0 Å². The highest BCUT2D eigenvalue weighted by Crippen LogP contribution is 2.25. The summed E-state index contributed by atoms with van der Waals surface area (Å²) < 4.78 is 47.4. The molecule has 30 heavy (non-hydrogen) atoms. The summed E-state index contributed by atoms with van der Waals surface area (Å²) in [5, 5.41) is 10.6. The largest absolute Gasteiger partial charge is 0.486 e. The van der Waals surface area contributed by atoms with E-state index < -0.39 is 34.3 Å². The van der Waals surface area contributed by atoms with E-state index in [9.17, 15) is 18.0 Å². The number of benzene rings is 2. The van der Waals surface area contributed by atoms with Gasteiger partial charge in [0.05, 0.1) is 10.9 Å². The number of amides is 1. The third-order valence-corrected chi connectivity index (χ3v) is 5.44. The number of carbonyl (C=O) groups excluding carboxylic acids is 1. The van der Waals surface area contributed by atoms with Crippen molar-refractivity contribution in [1.82, 2.24) is 14.8 Å². The van der Waals surface area contributed by atoms with Crippen LogP contribution in [0.3, 0.4) is 0 Å². The molecule has 0 fully saturated rings. The van der Waals surface area contributed by atoms with Crippen LogP contribution in [0, 0.1) is 17.5 Å². The van der Waals surface area contributed by atoms with Gasteiger partial charge in [0.2, 0.25) is 5.91 Å². The Hall–Kier alpha value is -2.72. The Labute approximate surface area is 179 Å². The lowest BCUT2D eigenvalue weighted by molar-refractivity contribution is -0.115. The Bertz CT molecular complexity index is 1060. The molecule has 11 heteroatoms. The number of nitrogens with one attached hydrogen (secondary N) is 1. The van der Waals surface area contributed by atoms with E-state index in [0.717, 1.165) is 23.9 Å². The highest BCUT2D eigenvalue weighted by molar-refractivity contribution is 8.00. The van der Waals surface area contributed by atoms with E-state index in [0.29, 0.717) is 21.8 Å². The summed E-state index contributed by atoms with van der Waals surface area (Å²) in [4.78, 5) is 12.3. The molecule has 158 valence electrons. The maximum absolute atomic E-state index is 13.7. The van der Waals surface area contributed by atoms with Crippen LogP contribution in [-0.2, 0) is 18.4 Å². The van der Waals surface area contributed by atoms with E-state index in [-0.39, 0.29) is 6.61 Å². The molecular formula is C19H16ClF3N4O2S. The first-order valence-corrected chi connectivity index (χ1v) is 9.89. The van der Waals surface area contributed by atoms with Gasteiger partial charge >= 0.3 is 0 Å². The Morgan fingerprint density at radius 2 is 1.87 bits per heavy atom. The van der Waals surface area contributed by atoms with Crippen LogP contribution in [0.2, 0.25) is 5.02 Å². The minimum absolute atomic E-state index is 0.145. The molecule has 0 radical (unpaired) electrons. The SMILES string of the molecule is CC(Sc1nnc(COc2ccc(Cl)cc2)n1C)C(=O)Nc1ccc(F)c(F)c1F. The van der Waals surface area contributed by atoms with Gasteiger partial charge in [-0.25, -0.2) is 13.2 Å². The minimum atomic E-state index is -1.65. The number of nitrogens with zero attached hydrogens (tertiary/aromatic N) is 3. The van der Waals surface area contributed by atoms with E-state index >= 15 is 0 Å². The first kappa shape index (κ1) is 22.0. The summed E-state index contributed by atoms with van der Waals surface area (Å²) >= 11 is 6.90. The molecule has 2 aromatic carbocycles. The predicted molar refractivity (Wildman–Crippen MR) is 107 cm³/mol. The average Bonchev–Trinajstić information content (AvgIpc) is 3.07. The zero-order valence-electron chi connectivity index (χ0n) is 15.8. The van der Waals surface area contributed by atoms with Crippen LogP contribution in [0.5, 0.6) is 5.75 Å². The average molecular weight is 457 g/mol. The molecule has 1 unspecified atom stereocenters. The third-order valence-electron chi connectivity index (χ3n) is 4.05. The summed E-state index contributed by atoms with van der Waals surface area (Å²) in [5.74, 6) is -3.91. The number of ether oxygens (including phenoxy) is 1. The number of anilines is 1. The maximum atomic E-state index is 13.7. The van der Waals surface area contributed by atoms with E-state index in [1.165, 1.54) is 0 Å². The van der Waals surface area contributed by atoms with Gasteiger partial charge in [-0.3, -0.25) is 4.79 Å². The molecule has 3 aromatic rings. The quantitative estimate of drug-likeness (QED) is 0.416. The van der Waals surface area contributed by atoms with Crippen molar-refractivity contribution in [3.05, 3.63) is 64.7 Å². The fraction of sp³-hybridized carbons (Fsp3) is 0.211. The number of hydrogen-bond donors (Lipinski definition) is 1. The summed E-state index contributed by atoms with van der Waals surface area (Å²) in [6.07, 6.45) is 0. The lowest BCUT2D eigenvalue weighted by atomic mass is 10.2. The Morgan fingerprint density at radius 1 is 1.17 bits per heavy atom. The normalized spacial score (nSPS) is 11.9. The smallest absolute Gasteiger partial charge is 0.237 e. The van der Waals surface area contributed by atoms with Gasteiger partial charge in [-0.05, 0) is 43.3 Å². The summed E-state index contributed by atoms with van der Waals surface area (Å²) in [6.45, 7) is 1.71. The second-order valence-corrected chi connectivity index (χ2v) is 7.92. The maximum Gasteiger partial charge on any atom is 0.237 e. The second kappa shape index (κ2) is 9.40. The molecule has 1 atom stereocenters. The van der Waals surface area contributed by atoms with Crippen LogP contribution >= 0.6 is 23.4 Å². The molecule has 0 aliphatic heterocycles. The van der Waals surface area contributed by atoms with Crippen molar-refractivity contribution in [2.24, 2.45) is 7.05 Å². The Balaban J connectivity index is 1.61. The molecule has 1 heterocycles. The van der Waals surface area contributed by atoms with Crippen molar-refractivity contribution >= 4 is 35.0 Å². The number of halogens is 4. The Morgan fingerprint density at radius 3 is 2.57 bits per heavy atom. The monoisotopic (exact) mass is 456 g/mol. The van der Waals surface area contributed by atoms with Crippen molar-refractivity contribution in [3.8, 4) is 5.75 Å². The Kier molecular flexibility index (Phi) is 6.88. The molecule has 0 saturated heterocycles. The number of thioether (sulfide) groups is 1. The van der Waals surface area contributed by atoms with Gasteiger partial charge in [0.1, 0.15) is 12.4 Å². The lowest BCUT2D eigenvalue weighted by Crippen LogP contribution is -2.23. The fourth-order valence-corrected chi connectivity index (χ4v) is 3.28. The van der Waals surface area contributed by atoms with Crippen molar-refractivity contribution in [3.63, 3.8) is 0 Å². The van der Waals surface area contributed by atoms with Crippen molar-refractivity contribution in [2.45, 2.75) is 23.9 Å². The van der Waals surface area contributed by atoms with Crippen molar-refractivity contribution < 1.29 is 22.7 Å². The lowest BCUT2D eigenvalue weighted by Gasteiger charge is -2.12. The van der Waals surface area contributed by atoms with Gasteiger partial charge in [-0.15, -0.1) is 10.2 Å². The van der Waals surface area contributed by atoms with Crippen LogP contribution in [0.4, 0.5) is 18.9 Å². The molecule has 0 aliphatic carbocycles. The minimum Gasteiger partial charge on any atom is -0.486 e. The molecule has 0 spiro atoms. The zero-order valence-corrected chi connectivity index (χ0v) is 17.4. The van der Waals surface area contributed by atoms with E-state index in [4.69, 9.17) is 16.3 Å². The van der Waals surface area contributed by atoms with Crippen LogP contribution in [0.15, 0.2) is 41.6 Å². The highest BCUT2D eigenvalue weighted by Gasteiger charge is 2.21. The van der Waals surface area contributed by atoms with Crippen LogP contribution in [0.25, 0.3) is 0 Å². The van der Waals surface area contributed by atoms with Gasteiger partial charge in [0.15, 0.2) is 28.4 Å². The summed E-state index contributed by atoms with van der Waals surface area (Å²) in [5.41, 5.74) is -0.443. The van der Waals surface area contributed by atoms with Crippen molar-refractivity contribution in [1.29, 1.82) is 0 Å². The van der Waals surface area contributed by atoms with E-state index in [1.54, 1.807) is 42.8 Å². The van der Waals surface area contributed by atoms with Gasteiger partial charge in [-0.1, -0.05) is 23.4 Å². The number of rotatable bonds is 7. The second-order valence-electron chi connectivity index (χ2n) is 6.17. The molecule has 0 aliphatic rings. The summed E-state index contributed by atoms with van der Waals surface area (Å²) in [7, 11) is 1.71. The number of hydrogen-bond acceptors (Lipinski definition) is 5. The molecule has 3 rings (SSSR count). The molecule has 1 aromatic heterocycles. The van der Waals surface area contributed by atoms with Crippen LogP contribution in [0.1, 0.15) is 12.7 Å². The zero-order chi connectivity index (χ0) is 21.8.